The van der Waals surface area contributed by atoms with E-state index in [-0.39, 0.29) is 5.91 Å². The maximum atomic E-state index is 13.7. The van der Waals surface area contributed by atoms with Gasteiger partial charge in [0.05, 0.1) is 10.7 Å². The Balaban J connectivity index is 1.37. The minimum Gasteiger partial charge on any atom is -0.457 e. The number of furan rings is 1. The van der Waals surface area contributed by atoms with Crippen LogP contribution in [0.4, 0.5) is 5.69 Å². The van der Waals surface area contributed by atoms with Crippen molar-refractivity contribution < 1.29 is 9.21 Å². The fourth-order valence-corrected chi connectivity index (χ4v) is 4.92. The van der Waals surface area contributed by atoms with Crippen molar-refractivity contribution in [1.82, 2.24) is 0 Å². The van der Waals surface area contributed by atoms with E-state index in [9.17, 15) is 4.79 Å². The van der Waals surface area contributed by atoms with E-state index in [1.807, 2.05) is 91.0 Å². The smallest absolute Gasteiger partial charge is 0.263 e. The highest BCUT2D eigenvalue weighted by Crippen LogP contribution is 2.37. The molecule has 0 saturated carbocycles. The second kappa shape index (κ2) is 10.2. The Morgan fingerprint density at radius 2 is 1.34 bits per heavy atom. The molecule has 0 radical (unpaired) electrons. The lowest BCUT2D eigenvalue weighted by Crippen LogP contribution is -2.24. The molecule has 3 nitrogen and oxygen atoms in total. The summed E-state index contributed by atoms with van der Waals surface area (Å²) in [5.41, 5.74) is 5.97. The Kier molecular flexibility index (Phi) is 6.47. The Hall–Kier alpha value is -4.31. The van der Waals surface area contributed by atoms with Crippen LogP contribution in [-0.2, 0) is 4.79 Å². The first-order valence-corrected chi connectivity index (χ1v) is 12.9. The molecular formula is C33H21Cl2NO2. The van der Waals surface area contributed by atoms with Gasteiger partial charge in [-0.15, -0.1) is 0 Å². The zero-order valence-corrected chi connectivity index (χ0v) is 21.7. The molecule has 1 aliphatic rings. The monoisotopic (exact) mass is 533 g/mol. The molecule has 0 aliphatic carbocycles. The van der Waals surface area contributed by atoms with Crippen molar-refractivity contribution in [2.75, 3.05) is 4.90 Å². The van der Waals surface area contributed by atoms with Crippen LogP contribution >= 0.6 is 23.2 Å². The number of hydrogen-bond donors (Lipinski definition) is 0. The van der Waals surface area contributed by atoms with Crippen LogP contribution in [0, 0.1) is 0 Å². The fraction of sp³-hybridized carbons (Fsp3) is 0. The zero-order chi connectivity index (χ0) is 26.1. The molecule has 0 saturated heterocycles. The highest BCUT2D eigenvalue weighted by Gasteiger charge is 2.30. The van der Waals surface area contributed by atoms with E-state index in [0.29, 0.717) is 32.7 Å². The molecule has 0 unspecified atom stereocenters. The molecule has 184 valence electrons. The van der Waals surface area contributed by atoms with Gasteiger partial charge in [0.1, 0.15) is 11.5 Å². The van der Waals surface area contributed by atoms with Gasteiger partial charge in [0.2, 0.25) is 0 Å². The number of anilines is 1. The molecule has 1 aromatic heterocycles. The van der Waals surface area contributed by atoms with Crippen molar-refractivity contribution in [2.45, 2.75) is 0 Å². The van der Waals surface area contributed by atoms with Crippen LogP contribution in [-0.4, -0.2) is 5.91 Å². The van der Waals surface area contributed by atoms with E-state index >= 15 is 0 Å². The van der Waals surface area contributed by atoms with Crippen molar-refractivity contribution in [3.63, 3.8) is 0 Å². The minimum absolute atomic E-state index is 0.130. The third-order valence-electron chi connectivity index (χ3n) is 6.40. The third kappa shape index (κ3) is 4.70. The summed E-state index contributed by atoms with van der Waals surface area (Å²) >= 11 is 12.5. The quantitative estimate of drug-likeness (QED) is 0.211. The van der Waals surface area contributed by atoms with Gasteiger partial charge in [0.15, 0.2) is 0 Å². The van der Waals surface area contributed by atoms with E-state index in [0.717, 1.165) is 28.1 Å². The summed E-state index contributed by atoms with van der Waals surface area (Å²) in [6, 6.07) is 37.0. The van der Waals surface area contributed by atoms with Gasteiger partial charge in [-0.25, -0.2) is 0 Å². The molecule has 5 aromatic rings. The Labute approximate surface area is 230 Å². The van der Waals surface area contributed by atoms with Crippen LogP contribution in [0.15, 0.2) is 131 Å². The van der Waals surface area contributed by atoms with Gasteiger partial charge in [0, 0.05) is 21.8 Å². The molecule has 0 N–H and O–H groups in total. The first-order chi connectivity index (χ1) is 18.6. The van der Waals surface area contributed by atoms with Crippen LogP contribution in [0.5, 0.6) is 0 Å². The van der Waals surface area contributed by atoms with Gasteiger partial charge in [-0.05, 0) is 71.3 Å². The number of carbonyl (C=O) groups excluding carboxylic acids is 1. The van der Waals surface area contributed by atoms with Crippen LogP contribution in [0.1, 0.15) is 11.3 Å². The first-order valence-electron chi connectivity index (χ1n) is 12.1. The van der Waals surface area contributed by atoms with Gasteiger partial charge in [-0.2, -0.15) is 0 Å². The minimum atomic E-state index is -0.130. The van der Waals surface area contributed by atoms with Gasteiger partial charge in [0.25, 0.3) is 5.91 Å². The normalized spacial score (nSPS) is 14.3. The van der Waals surface area contributed by atoms with Crippen LogP contribution in [0.25, 0.3) is 34.2 Å². The largest absolute Gasteiger partial charge is 0.457 e. The molecule has 4 aromatic carbocycles. The van der Waals surface area contributed by atoms with Gasteiger partial charge in [-0.1, -0.05) is 96.0 Å². The predicted molar refractivity (Wildman–Crippen MR) is 156 cm³/mol. The molecule has 1 aliphatic heterocycles. The number of rotatable bonds is 5. The second-order valence-corrected chi connectivity index (χ2v) is 9.72. The standard InChI is InChI=1S/C33H21Cl2NO2/c34-26-13-17-30(35)29(21-26)32-18-16-28(38-32)19-25-20-31(24-9-5-2-6-10-24)36(33(25)37)27-14-11-23(12-15-27)22-7-3-1-4-8-22/h1-21H/b25-19+. The van der Waals surface area contributed by atoms with Crippen LogP contribution < -0.4 is 4.90 Å². The molecule has 38 heavy (non-hydrogen) atoms. The molecular weight excluding hydrogens is 513 g/mol. The number of hydrogen-bond acceptors (Lipinski definition) is 2. The highest BCUT2D eigenvalue weighted by atomic mass is 35.5. The van der Waals surface area contributed by atoms with Gasteiger partial charge < -0.3 is 4.42 Å². The Morgan fingerprint density at radius 3 is 2.05 bits per heavy atom. The molecule has 0 spiro atoms. The number of carbonyl (C=O) groups is 1. The SMILES string of the molecule is O=C1/C(=C/c2ccc(-c3cc(Cl)ccc3Cl)o2)C=C(c2ccccc2)N1c1ccc(-c2ccccc2)cc1. The second-order valence-electron chi connectivity index (χ2n) is 8.87. The van der Waals surface area contributed by atoms with Gasteiger partial charge in [-0.3, -0.25) is 9.69 Å². The topological polar surface area (TPSA) is 33.5 Å². The summed E-state index contributed by atoms with van der Waals surface area (Å²) in [6.45, 7) is 0. The number of nitrogens with zero attached hydrogens (tertiary/aromatic N) is 1. The summed E-state index contributed by atoms with van der Waals surface area (Å²) in [4.78, 5) is 15.5. The lowest BCUT2D eigenvalue weighted by atomic mass is 10.0. The van der Waals surface area contributed by atoms with Crippen molar-refractivity contribution >= 4 is 46.6 Å². The van der Waals surface area contributed by atoms with E-state index < -0.39 is 0 Å². The number of halogens is 2. The van der Waals surface area contributed by atoms with E-state index in [1.54, 1.807) is 29.2 Å². The van der Waals surface area contributed by atoms with Gasteiger partial charge >= 0.3 is 0 Å². The molecule has 6 rings (SSSR count). The summed E-state index contributed by atoms with van der Waals surface area (Å²) < 4.78 is 6.04. The summed E-state index contributed by atoms with van der Waals surface area (Å²) in [7, 11) is 0. The Bertz CT molecular complexity index is 1680. The third-order valence-corrected chi connectivity index (χ3v) is 6.97. The first kappa shape index (κ1) is 24.1. The van der Waals surface area contributed by atoms with E-state index in [4.69, 9.17) is 27.6 Å². The van der Waals surface area contributed by atoms with Crippen molar-refractivity contribution in [3.05, 3.63) is 148 Å². The van der Waals surface area contributed by atoms with E-state index in [1.165, 1.54) is 0 Å². The lowest BCUT2D eigenvalue weighted by molar-refractivity contribution is -0.113. The maximum Gasteiger partial charge on any atom is 0.263 e. The van der Waals surface area contributed by atoms with Crippen molar-refractivity contribution in [1.29, 1.82) is 0 Å². The predicted octanol–water partition coefficient (Wildman–Crippen LogP) is 9.39. The van der Waals surface area contributed by atoms with Crippen LogP contribution in [0.3, 0.4) is 0 Å². The maximum absolute atomic E-state index is 13.7. The summed E-state index contributed by atoms with van der Waals surface area (Å²) in [5, 5.41) is 1.10. The van der Waals surface area contributed by atoms with Crippen LogP contribution in [0.2, 0.25) is 10.0 Å². The molecule has 1 amide bonds. The molecule has 0 bridgehead atoms. The summed E-state index contributed by atoms with van der Waals surface area (Å²) in [6.07, 6.45) is 3.66. The lowest BCUT2D eigenvalue weighted by Gasteiger charge is -2.21. The zero-order valence-electron chi connectivity index (χ0n) is 20.1. The summed E-state index contributed by atoms with van der Waals surface area (Å²) in [5.74, 6) is 0.995. The molecule has 0 atom stereocenters. The number of benzene rings is 4. The highest BCUT2D eigenvalue weighted by molar-refractivity contribution is 6.35. The van der Waals surface area contributed by atoms with E-state index in [2.05, 4.69) is 12.1 Å². The fourth-order valence-electron chi connectivity index (χ4n) is 4.54. The average Bonchev–Trinajstić information content (AvgIpc) is 3.55. The van der Waals surface area contributed by atoms with Crippen molar-refractivity contribution in [2.24, 2.45) is 0 Å². The molecule has 0 fully saturated rings. The number of amides is 1. The Morgan fingerprint density at radius 1 is 0.684 bits per heavy atom. The van der Waals surface area contributed by atoms with Crippen molar-refractivity contribution in [3.8, 4) is 22.5 Å². The molecule has 5 heteroatoms. The average molecular weight is 534 g/mol. The molecule has 2 heterocycles.